The van der Waals surface area contributed by atoms with Crippen LogP contribution >= 0.6 is 11.3 Å². The summed E-state index contributed by atoms with van der Waals surface area (Å²) in [6, 6.07) is 5.49. The van der Waals surface area contributed by atoms with Crippen LogP contribution in [0.1, 0.15) is 29.1 Å². The van der Waals surface area contributed by atoms with Gasteiger partial charge in [-0.2, -0.15) is 0 Å². The highest BCUT2D eigenvalue weighted by molar-refractivity contribution is 7.12. The van der Waals surface area contributed by atoms with Crippen LogP contribution in [0.4, 0.5) is 0 Å². The number of carboxylic acids is 1. The second kappa shape index (κ2) is 6.89. The van der Waals surface area contributed by atoms with E-state index in [0.29, 0.717) is 5.69 Å². The number of hydrogen-bond donors (Lipinski definition) is 1. The molecule has 1 N–H and O–H groups in total. The predicted molar refractivity (Wildman–Crippen MR) is 77.1 cm³/mol. The van der Waals surface area contributed by atoms with Gasteiger partial charge in [0.25, 0.3) is 0 Å². The van der Waals surface area contributed by atoms with E-state index in [-0.39, 0.29) is 4.88 Å². The molecule has 0 aliphatic carbocycles. The fourth-order valence-corrected chi connectivity index (χ4v) is 2.26. The van der Waals surface area contributed by atoms with Crippen molar-refractivity contribution in [2.45, 2.75) is 20.8 Å². The average molecular weight is 279 g/mol. The summed E-state index contributed by atoms with van der Waals surface area (Å²) in [6.07, 6.45) is 0. The number of ether oxygens (including phenoxy) is 1. The van der Waals surface area contributed by atoms with Crippen molar-refractivity contribution in [1.29, 1.82) is 0 Å². The number of aromatic carboxylic acids is 1. The van der Waals surface area contributed by atoms with Crippen LogP contribution in [0, 0.1) is 6.92 Å². The molecule has 0 aliphatic heterocycles. The van der Waals surface area contributed by atoms with E-state index in [1.165, 1.54) is 0 Å². The van der Waals surface area contributed by atoms with Crippen LogP contribution in [0.3, 0.4) is 0 Å². The molecule has 0 atom stereocenters. The van der Waals surface area contributed by atoms with Crippen LogP contribution in [0.15, 0.2) is 23.7 Å². The first-order valence-electron chi connectivity index (χ1n) is 5.95. The number of aromatic nitrogens is 1. The number of aryl methyl sites for hydroxylation is 1. The van der Waals surface area contributed by atoms with Gasteiger partial charge in [0.15, 0.2) is 0 Å². The van der Waals surface area contributed by atoms with E-state index in [1.807, 2.05) is 32.9 Å². The van der Waals surface area contributed by atoms with Gasteiger partial charge in [-0.05, 0) is 30.7 Å². The number of carboxylic acid groups (broad SMARTS) is 1. The highest BCUT2D eigenvalue weighted by atomic mass is 32.1. The first-order chi connectivity index (χ1) is 9.13. The van der Waals surface area contributed by atoms with E-state index in [0.717, 1.165) is 28.2 Å². The molecule has 0 fully saturated rings. The van der Waals surface area contributed by atoms with Crippen LogP contribution in [0.2, 0.25) is 0 Å². The third-order valence-electron chi connectivity index (χ3n) is 2.45. The zero-order chi connectivity index (χ0) is 14.4. The quantitative estimate of drug-likeness (QED) is 0.927. The van der Waals surface area contributed by atoms with Crippen molar-refractivity contribution in [2.75, 3.05) is 7.11 Å². The smallest absolute Gasteiger partial charge is 0.348 e. The maximum absolute atomic E-state index is 11.0. The molecule has 5 heteroatoms. The topological polar surface area (TPSA) is 59.4 Å². The van der Waals surface area contributed by atoms with Crippen LogP contribution in [-0.4, -0.2) is 23.2 Å². The van der Waals surface area contributed by atoms with E-state index >= 15 is 0 Å². The molecule has 0 spiro atoms. The number of methoxy groups -OCH3 is 1. The maximum Gasteiger partial charge on any atom is 0.348 e. The first kappa shape index (κ1) is 15.2. The van der Waals surface area contributed by atoms with Crippen molar-refractivity contribution in [2.24, 2.45) is 0 Å². The Bertz CT molecular complexity index is 564. The van der Waals surface area contributed by atoms with Crippen LogP contribution in [-0.2, 0) is 0 Å². The van der Waals surface area contributed by atoms with Crippen molar-refractivity contribution in [3.63, 3.8) is 0 Å². The molecule has 0 aliphatic rings. The summed E-state index contributed by atoms with van der Waals surface area (Å²) in [7, 11) is 1.60. The lowest BCUT2D eigenvalue weighted by Crippen LogP contribution is -1.97. The minimum absolute atomic E-state index is 0.262. The lowest BCUT2D eigenvalue weighted by molar-refractivity contribution is 0.0702. The number of rotatable bonds is 3. The van der Waals surface area contributed by atoms with Gasteiger partial charge >= 0.3 is 5.97 Å². The molecule has 0 saturated carbocycles. The Morgan fingerprint density at radius 3 is 2.58 bits per heavy atom. The summed E-state index contributed by atoms with van der Waals surface area (Å²) < 4.78 is 5.11. The zero-order valence-electron chi connectivity index (χ0n) is 11.4. The minimum Gasteiger partial charge on any atom is -0.497 e. The van der Waals surface area contributed by atoms with Gasteiger partial charge in [-0.3, -0.25) is 0 Å². The first-order valence-corrected chi connectivity index (χ1v) is 6.83. The second-order valence-electron chi connectivity index (χ2n) is 3.52. The lowest BCUT2D eigenvalue weighted by atomic mass is 10.0. The van der Waals surface area contributed by atoms with Crippen molar-refractivity contribution in [3.05, 3.63) is 34.2 Å². The monoisotopic (exact) mass is 279 g/mol. The Morgan fingerprint density at radius 2 is 2.05 bits per heavy atom. The molecule has 0 radical (unpaired) electrons. The Labute approximate surface area is 116 Å². The van der Waals surface area contributed by atoms with Gasteiger partial charge in [0, 0.05) is 5.56 Å². The number of nitrogens with zero attached hydrogens (tertiary/aromatic N) is 1. The van der Waals surface area contributed by atoms with Crippen LogP contribution in [0.25, 0.3) is 11.3 Å². The molecule has 2 rings (SSSR count). The molecule has 0 amide bonds. The number of carbonyl (C=O) groups is 1. The van der Waals surface area contributed by atoms with Crippen molar-refractivity contribution < 1.29 is 14.6 Å². The van der Waals surface area contributed by atoms with Crippen molar-refractivity contribution in [3.8, 4) is 17.0 Å². The van der Waals surface area contributed by atoms with Gasteiger partial charge < -0.3 is 9.84 Å². The van der Waals surface area contributed by atoms with Gasteiger partial charge in [-0.1, -0.05) is 13.8 Å². The molecule has 2 aromatic rings. The highest BCUT2D eigenvalue weighted by Crippen LogP contribution is 2.30. The minimum atomic E-state index is -0.947. The molecule has 1 heterocycles. The second-order valence-corrected chi connectivity index (χ2v) is 4.37. The normalized spacial score (nSPS) is 9.47. The molecule has 102 valence electrons. The molecule has 19 heavy (non-hydrogen) atoms. The van der Waals surface area contributed by atoms with E-state index in [9.17, 15) is 4.79 Å². The molecule has 1 aromatic carbocycles. The number of thiazole rings is 1. The maximum atomic E-state index is 11.0. The van der Waals surface area contributed by atoms with Crippen LogP contribution in [0.5, 0.6) is 5.75 Å². The fourth-order valence-electron chi connectivity index (χ4n) is 1.62. The summed E-state index contributed by atoms with van der Waals surface area (Å²) in [6.45, 7) is 5.91. The fraction of sp³-hybridized carbons (Fsp3) is 0.286. The van der Waals surface area contributed by atoms with Gasteiger partial charge in [0.1, 0.15) is 10.6 Å². The Morgan fingerprint density at radius 1 is 1.37 bits per heavy atom. The lowest BCUT2D eigenvalue weighted by Gasteiger charge is -2.06. The molecule has 0 saturated heterocycles. The summed E-state index contributed by atoms with van der Waals surface area (Å²) in [5.74, 6) is -0.198. The molecular weight excluding hydrogens is 262 g/mol. The van der Waals surface area contributed by atoms with E-state index in [4.69, 9.17) is 9.84 Å². The van der Waals surface area contributed by atoms with Crippen molar-refractivity contribution in [1.82, 2.24) is 4.98 Å². The summed E-state index contributed by atoms with van der Waals surface area (Å²) >= 11 is 1.13. The van der Waals surface area contributed by atoms with Crippen molar-refractivity contribution >= 4 is 17.3 Å². The summed E-state index contributed by atoms with van der Waals surface area (Å²) in [5.41, 5.74) is 3.83. The SMILES string of the molecule is CC.COc1ccc(-c2ncsc2C(=O)O)c(C)c1. The zero-order valence-corrected chi connectivity index (χ0v) is 12.2. The summed E-state index contributed by atoms with van der Waals surface area (Å²) in [4.78, 5) is 15.4. The molecule has 0 unspecified atom stereocenters. The highest BCUT2D eigenvalue weighted by Gasteiger charge is 2.16. The van der Waals surface area contributed by atoms with E-state index in [1.54, 1.807) is 18.7 Å². The molecule has 0 bridgehead atoms. The average Bonchev–Trinajstić information content (AvgIpc) is 2.90. The predicted octanol–water partition coefficient (Wildman–Crippen LogP) is 3.85. The Balaban J connectivity index is 0.000000861. The summed E-state index contributed by atoms with van der Waals surface area (Å²) in [5, 5.41) is 9.05. The van der Waals surface area contributed by atoms with Gasteiger partial charge in [0.05, 0.1) is 18.3 Å². The van der Waals surface area contributed by atoms with E-state index < -0.39 is 5.97 Å². The van der Waals surface area contributed by atoms with Gasteiger partial charge in [-0.25, -0.2) is 9.78 Å². The van der Waals surface area contributed by atoms with E-state index in [2.05, 4.69) is 4.98 Å². The standard InChI is InChI=1S/C12H11NO3S.C2H6/c1-7-5-8(16-2)3-4-9(7)10-11(12(14)15)17-6-13-10;1-2/h3-6H,1-2H3,(H,14,15);1-2H3. The molecular formula is C14H17NO3S. The molecule has 4 nitrogen and oxygen atoms in total. The van der Waals surface area contributed by atoms with Crippen LogP contribution < -0.4 is 4.74 Å². The van der Waals surface area contributed by atoms with Gasteiger partial charge in [-0.15, -0.1) is 11.3 Å². The third kappa shape index (κ3) is 3.32. The number of hydrogen-bond acceptors (Lipinski definition) is 4. The molecule has 1 aromatic heterocycles. The van der Waals surface area contributed by atoms with Gasteiger partial charge in [0.2, 0.25) is 0 Å². The largest absolute Gasteiger partial charge is 0.497 e. The Kier molecular flexibility index (Phi) is 5.51. The Hall–Kier alpha value is -1.88. The third-order valence-corrected chi connectivity index (χ3v) is 3.26. The number of benzene rings is 1.